The molecule has 0 saturated carbocycles. The first-order valence-electron chi connectivity index (χ1n) is 6.47. The maximum absolute atomic E-state index is 13.5. The Morgan fingerprint density at radius 2 is 2.05 bits per heavy atom. The van der Waals surface area contributed by atoms with Gasteiger partial charge in [0.2, 0.25) is 0 Å². The number of carbonyl (C=O) groups is 2. The average Bonchev–Trinajstić information content (AvgIpc) is 2.43. The third kappa shape index (κ3) is 5.78. The number of nitrogens with one attached hydrogen (secondary N) is 2. The fourth-order valence-electron chi connectivity index (χ4n) is 1.79. The molecule has 0 aromatic heterocycles. The molecule has 0 saturated heterocycles. The number of carbonyl (C=O) groups excluding carboxylic acids is 1. The molecule has 1 aromatic carbocycles. The summed E-state index contributed by atoms with van der Waals surface area (Å²) in [6.07, 6.45) is -0.823. The largest absolute Gasteiger partial charge is 0.481 e. The van der Waals surface area contributed by atoms with Crippen LogP contribution in [0.25, 0.3) is 0 Å². The molecular formula is C14H19FN2O4. The number of carboxylic acid groups (broad SMARTS) is 1. The number of aliphatic carboxylic acids is 1. The number of amides is 2. The van der Waals surface area contributed by atoms with Gasteiger partial charge in [-0.25, -0.2) is 9.18 Å². The quantitative estimate of drug-likeness (QED) is 0.714. The van der Waals surface area contributed by atoms with E-state index in [-0.39, 0.29) is 13.0 Å². The van der Waals surface area contributed by atoms with E-state index in [1.54, 1.807) is 25.1 Å². The Balaban J connectivity index is 2.46. The molecule has 7 heteroatoms. The van der Waals surface area contributed by atoms with E-state index in [1.165, 1.54) is 13.2 Å². The van der Waals surface area contributed by atoms with Gasteiger partial charge in [0.15, 0.2) is 0 Å². The van der Waals surface area contributed by atoms with Gasteiger partial charge in [-0.05, 0) is 13.0 Å². The second kappa shape index (κ2) is 8.21. The van der Waals surface area contributed by atoms with Crippen molar-refractivity contribution in [3.8, 4) is 0 Å². The van der Waals surface area contributed by atoms with Crippen LogP contribution in [0.1, 0.15) is 24.9 Å². The Kier molecular flexibility index (Phi) is 6.61. The number of hydrogen-bond donors (Lipinski definition) is 3. The summed E-state index contributed by atoms with van der Waals surface area (Å²) in [6.45, 7) is 1.71. The number of halogens is 1. The van der Waals surface area contributed by atoms with E-state index in [4.69, 9.17) is 9.84 Å². The van der Waals surface area contributed by atoms with Crippen LogP contribution in [0.5, 0.6) is 0 Å². The number of carboxylic acids is 1. The van der Waals surface area contributed by atoms with Crippen molar-refractivity contribution in [2.75, 3.05) is 13.7 Å². The molecule has 6 nitrogen and oxygen atoms in total. The van der Waals surface area contributed by atoms with E-state index >= 15 is 0 Å². The summed E-state index contributed by atoms with van der Waals surface area (Å²) in [6, 6.07) is 5.13. The molecule has 3 N–H and O–H groups in total. The zero-order valence-corrected chi connectivity index (χ0v) is 11.9. The predicted molar refractivity (Wildman–Crippen MR) is 74.4 cm³/mol. The van der Waals surface area contributed by atoms with Gasteiger partial charge in [0.05, 0.1) is 18.6 Å². The van der Waals surface area contributed by atoms with Crippen LogP contribution < -0.4 is 10.6 Å². The highest BCUT2D eigenvalue weighted by Gasteiger charge is 2.16. The summed E-state index contributed by atoms with van der Waals surface area (Å²) in [5.74, 6) is -1.41. The Morgan fingerprint density at radius 3 is 2.62 bits per heavy atom. The smallest absolute Gasteiger partial charge is 0.315 e. The maximum atomic E-state index is 13.5. The summed E-state index contributed by atoms with van der Waals surface area (Å²) >= 11 is 0. The number of urea groups is 1. The van der Waals surface area contributed by atoms with Crippen molar-refractivity contribution < 1.29 is 23.8 Å². The lowest BCUT2D eigenvalue weighted by Gasteiger charge is -2.18. The van der Waals surface area contributed by atoms with Crippen molar-refractivity contribution in [2.45, 2.75) is 25.5 Å². The van der Waals surface area contributed by atoms with Gasteiger partial charge in [-0.1, -0.05) is 18.2 Å². The van der Waals surface area contributed by atoms with Gasteiger partial charge < -0.3 is 20.5 Å². The Morgan fingerprint density at radius 1 is 1.38 bits per heavy atom. The molecule has 1 rings (SSSR count). The molecule has 0 aliphatic carbocycles. The van der Waals surface area contributed by atoms with Crippen LogP contribution in [0.3, 0.4) is 0 Å². The normalized spacial score (nSPS) is 13.3. The number of benzene rings is 1. The molecule has 116 valence electrons. The number of hydrogen-bond acceptors (Lipinski definition) is 3. The minimum atomic E-state index is -1.01. The molecule has 0 radical (unpaired) electrons. The highest BCUT2D eigenvalue weighted by Crippen LogP contribution is 2.15. The van der Waals surface area contributed by atoms with Crippen LogP contribution in [0.4, 0.5) is 9.18 Å². The molecule has 0 aliphatic heterocycles. The van der Waals surface area contributed by atoms with Crippen LogP contribution in [0, 0.1) is 5.82 Å². The van der Waals surface area contributed by atoms with Crippen LogP contribution in [0.15, 0.2) is 24.3 Å². The number of rotatable bonds is 7. The molecule has 21 heavy (non-hydrogen) atoms. The summed E-state index contributed by atoms with van der Waals surface area (Å²) in [5.41, 5.74) is 0.376. The van der Waals surface area contributed by atoms with Crippen LogP contribution >= 0.6 is 0 Å². The first-order chi connectivity index (χ1) is 9.93. The third-order valence-electron chi connectivity index (χ3n) is 2.95. The second-order valence-electron chi connectivity index (χ2n) is 4.55. The van der Waals surface area contributed by atoms with Crippen molar-refractivity contribution in [1.29, 1.82) is 0 Å². The number of methoxy groups -OCH3 is 1. The van der Waals surface area contributed by atoms with Gasteiger partial charge in [0.25, 0.3) is 0 Å². The fourth-order valence-corrected chi connectivity index (χ4v) is 1.79. The van der Waals surface area contributed by atoms with E-state index in [1.807, 2.05) is 0 Å². The highest BCUT2D eigenvalue weighted by atomic mass is 19.1. The van der Waals surface area contributed by atoms with Crippen molar-refractivity contribution in [2.24, 2.45) is 0 Å². The summed E-state index contributed by atoms with van der Waals surface area (Å²) in [5, 5.41) is 13.7. The lowest BCUT2D eigenvalue weighted by molar-refractivity contribution is -0.139. The van der Waals surface area contributed by atoms with Crippen LogP contribution in [-0.2, 0) is 9.53 Å². The van der Waals surface area contributed by atoms with Crippen molar-refractivity contribution in [3.05, 3.63) is 35.6 Å². The highest BCUT2D eigenvalue weighted by molar-refractivity contribution is 5.74. The van der Waals surface area contributed by atoms with Gasteiger partial charge in [-0.3, -0.25) is 4.79 Å². The van der Waals surface area contributed by atoms with Crippen LogP contribution in [0.2, 0.25) is 0 Å². The monoisotopic (exact) mass is 298 g/mol. The lowest BCUT2D eigenvalue weighted by Crippen LogP contribution is -2.41. The minimum absolute atomic E-state index is 0.0542. The van der Waals surface area contributed by atoms with E-state index in [2.05, 4.69) is 10.6 Å². The number of ether oxygens (including phenoxy) is 1. The van der Waals surface area contributed by atoms with Gasteiger partial charge in [0, 0.05) is 19.2 Å². The molecule has 0 fully saturated rings. The molecule has 2 unspecified atom stereocenters. The van der Waals surface area contributed by atoms with E-state index in [0.717, 1.165) is 0 Å². The third-order valence-corrected chi connectivity index (χ3v) is 2.95. The SMILES string of the molecule is COC(CNC(=O)NC(C)c1ccccc1F)CC(=O)O. The van der Waals surface area contributed by atoms with Crippen molar-refractivity contribution in [1.82, 2.24) is 10.6 Å². The molecule has 0 aliphatic rings. The predicted octanol–water partition coefficient (Wildman–Crippen LogP) is 1.68. The van der Waals surface area contributed by atoms with Crippen molar-refractivity contribution >= 4 is 12.0 Å². The fraction of sp³-hybridized carbons (Fsp3) is 0.429. The first kappa shape index (κ1) is 16.9. The summed E-state index contributed by atoms with van der Waals surface area (Å²) < 4.78 is 18.5. The van der Waals surface area contributed by atoms with Gasteiger partial charge >= 0.3 is 12.0 Å². The molecule has 1 aromatic rings. The van der Waals surface area contributed by atoms with Gasteiger partial charge in [-0.2, -0.15) is 0 Å². The maximum Gasteiger partial charge on any atom is 0.315 e. The van der Waals surface area contributed by atoms with Crippen LogP contribution in [-0.4, -0.2) is 36.9 Å². The molecule has 0 heterocycles. The Bertz CT molecular complexity index is 496. The zero-order chi connectivity index (χ0) is 15.8. The molecule has 0 bridgehead atoms. The van der Waals surface area contributed by atoms with E-state index in [9.17, 15) is 14.0 Å². The molecule has 0 spiro atoms. The zero-order valence-electron chi connectivity index (χ0n) is 11.9. The van der Waals surface area contributed by atoms with Crippen molar-refractivity contribution in [3.63, 3.8) is 0 Å². The molecule has 2 amide bonds. The lowest BCUT2D eigenvalue weighted by atomic mass is 10.1. The Labute approximate surface area is 122 Å². The minimum Gasteiger partial charge on any atom is -0.481 e. The standard InChI is InChI=1S/C14H19FN2O4/c1-9(11-5-3-4-6-12(11)15)17-14(20)16-8-10(21-2)7-13(18)19/h3-6,9-10H,7-8H2,1-2H3,(H,18,19)(H2,16,17,20). The average molecular weight is 298 g/mol. The topological polar surface area (TPSA) is 87.7 Å². The summed E-state index contributed by atoms with van der Waals surface area (Å²) in [4.78, 5) is 22.3. The molecular weight excluding hydrogens is 279 g/mol. The molecule has 2 atom stereocenters. The second-order valence-corrected chi connectivity index (χ2v) is 4.55. The first-order valence-corrected chi connectivity index (χ1v) is 6.47. The van der Waals surface area contributed by atoms with E-state index in [0.29, 0.717) is 5.56 Å². The Hall–Kier alpha value is -2.15. The van der Waals surface area contributed by atoms with Gasteiger partial charge in [-0.15, -0.1) is 0 Å². The van der Waals surface area contributed by atoms with E-state index < -0.39 is 30.0 Å². The summed E-state index contributed by atoms with van der Waals surface area (Å²) in [7, 11) is 1.37. The van der Waals surface area contributed by atoms with Gasteiger partial charge in [0.1, 0.15) is 5.82 Å².